The molecule has 0 saturated carbocycles. The van der Waals surface area contributed by atoms with E-state index >= 15 is 0 Å². The molecule has 1 N–H and O–H groups in total. The Morgan fingerprint density at radius 1 is 1.38 bits per heavy atom. The van der Waals surface area contributed by atoms with Crippen LogP contribution in [-0.4, -0.2) is 9.67 Å². The van der Waals surface area contributed by atoms with E-state index in [-0.39, 0.29) is 5.82 Å². The predicted octanol–water partition coefficient (Wildman–Crippen LogP) is 3.03. The van der Waals surface area contributed by atoms with Crippen LogP contribution in [0.15, 0.2) is 24.4 Å². The van der Waals surface area contributed by atoms with Crippen LogP contribution in [0.1, 0.15) is 26.3 Å². The lowest BCUT2D eigenvalue weighted by atomic mass is 9.98. The Morgan fingerprint density at radius 3 is 2.62 bits per heavy atom. The van der Waals surface area contributed by atoms with Crippen LogP contribution in [0.2, 0.25) is 0 Å². The molecule has 2 rings (SSSR count). The molecule has 0 spiro atoms. The molecule has 2 aromatic rings. The third-order valence-corrected chi connectivity index (χ3v) is 2.84. The van der Waals surface area contributed by atoms with E-state index in [4.69, 9.17) is 0 Å². The summed E-state index contributed by atoms with van der Waals surface area (Å²) in [7, 11) is 0. The van der Waals surface area contributed by atoms with Crippen LogP contribution in [0, 0.1) is 5.82 Å². The van der Waals surface area contributed by atoms with E-state index in [1.165, 1.54) is 12.1 Å². The van der Waals surface area contributed by atoms with Crippen molar-refractivity contribution in [2.45, 2.75) is 32.9 Å². The highest BCUT2D eigenvalue weighted by molar-refractivity contribution is 5.84. The second-order valence-electron chi connectivity index (χ2n) is 4.55. The van der Waals surface area contributed by atoms with Gasteiger partial charge in [-0.3, -0.25) is 0 Å². The van der Waals surface area contributed by atoms with E-state index in [0.717, 1.165) is 23.0 Å². The molecule has 0 aliphatic carbocycles. The molecule has 3 heteroatoms. The van der Waals surface area contributed by atoms with E-state index in [0.29, 0.717) is 0 Å². The van der Waals surface area contributed by atoms with Crippen molar-refractivity contribution in [2.24, 2.45) is 0 Å². The zero-order chi connectivity index (χ0) is 11.9. The van der Waals surface area contributed by atoms with Crippen LogP contribution >= 0.6 is 0 Å². The van der Waals surface area contributed by atoms with Crippen molar-refractivity contribution in [1.29, 1.82) is 0 Å². The SMILES string of the molecule is CCn1cc(C(C)(C)O)c2cc(F)ccc21. The maximum atomic E-state index is 13.2. The maximum absolute atomic E-state index is 13.2. The highest BCUT2D eigenvalue weighted by atomic mass is 19.1. The van der Waals surface area contributed by atoms with E-state index in [1.54, 1.807) is 19.9 Å². The fourth-order valence-electron chi connectivity index (χ4n) is 2.02. The van der Waals surface area contributed by atoms with Crippen molar-refractivity contribution in [2.75, 3.05) is 0 Å². The van der Waals surface area contributed by atoms with Crippen LogP contribution in [0.3, 0.4) is 0 Å². The van der Waals surface area contributed by atoms with Crippen LogP contribution in [0.5, 0.6) is 0 Å². The Hall–Kier alpha value is -1.35. The Bertz CT molecular complexity index is 522. The molecule has 2 nitrogen and oxygen atoms in total. The molecule has 1 aromatic carbocycles. The fourth-order valence-corrected chi connectivity index (χ4v) is 2.02. The van der Waals surface area contributed by atoms with Crippen molar-refractivity contribution in [3.05, 3.63) is 35.8 Å². The minimum Gasteiger partial charge on any atom is -0.386 e. The molecule has 86 valence electrons. The molecule has 0 unspecified atom stereocenters. The average molecular weight is 221 g/mol. The summed E-state index contributed by atoms with van der Waals surface area (Å²) in [5, 5.41) is 10.8. The van der Waals surface area contributed by atoms with Gasteiger partial charge in [0.25, 0.3) is 0 Å². The number of hydrogen-bond donors (Lipinski definition) is 1. The van der Waals surface area contributed by atoms with Gasteiger partial charge in [0.1, 0.15) is 5.82 Å². The molecule has 0 aliphatic rings. The molecular weight excluding hydrogens is 205 g/mol. The lowest BCUT2D eigenvalue weighted by Crippen LogP contribution is -2.14. The first-order chi connectivity index (χ1) is 7.43. The molecule has 0 bridgehead atoms. The summed E-state index contributed by atoms with van der Waals surface area (Å²) in [6.07, 6.45) is 1.89. The third kappa shape index (κ3) is 1.71. The zero-order valence-electron chi connectivity index (χ0n) is 9.79. The van der Waals surface area contributed by atoms with Gasteiger partial charge in [-0.15, -0.1) is 0 Å². The number of benzene rings is 1. The van der Waals surface area contributed by atoms with E-state index in [9.17, 15) is 9.50 Å². The molecule has 1 heterocycles. The second-order valence-corrected chi connectivity index (χ2v) is 4.55. The van der Waals surface area contributed by atoms with Gasteiger partial charge in [0.15, 0.2) is 0 Å². The minimum atomic E-state index is -0.952. The average Bonchev–Trinajstić information content (AvgIpc) is 2.54. The monoisotopic (exact) mass is 221 g/mol. The molecular formula is C13H16FNO. The van der Waals surface area contributed by atoms with Crippen molar-refractivity contribution in [1.82, 2.24) is 4.57 Å². The summed E-state index contributed by atoms with van der Waals surface area (Å²) in [6, 6.07) is 4.68. The number of halogens is 1. The van der Waals surface area contributed by atoms with Gasteiger partial charge < -0.3 is 9.67 Å². The topological polar surface area (TPSA) is 25.2 Å². The number of nitrogens with zero attached hydrogens (tertiary/aromatic N) is 1. The summed E-state index contributed by atoms with van der Waals surface area (Å²) >= 11 is 0. The normalized spacial score (nSPS) is 12.3. The third-order valence-electron chi connectivity index (χ3n) is 2.84. The lowest BCUT2D eigenvalue weighted by molar-refractivity contribution is 0.0800. The van der Waals surface area contributed by atoms with Gasteiger partial charge in [0.2, 0.25) is 0 Å². The van der Waals surface area contributed by atoms with Crippen molar-refractivity contribution >= 4 is 10.9 Å². The highest BCUT2D eigenvalue weighted by Gasteiger charge is 2.22. The summed E-state index contributed by atoms with van der Waals surface area (Å²) in [5.41, 5.74) is 0.775. The van der Waals surface area contributed by atoms with Crippen LogP contribution in [0.25, 0.3) is 10.9 Å². The number of hydrogen-bond acceptors (Lipinski definition) is 1. The number of aromatic nitrogens is 1. The first kappa shape index (κ1) is 11.1. The number of aryl methyl sites for hydroxylation is 1. The smallest absolute Gasteiger partial charge is 0.123 e. The number of rotatable bonds is 2. The van der Waals surface area contributed by atoms with Crippen molar-refractivity contribution in [3.8, 4) is 0 Å². The van der Waals surface area contributed by atoms with Gasteiger partial charge in [0.05, 0.1) is 5.60 Å². The zero-order valence-corrected chi connectivity index (χ0v) is 9.79. The van der Waals surface area contributed by atoms with Gasteiger partial charge in [-0.1, -0.05) is 0 Å². The van der Waals surface area contributed by atoms with Crippen LogP contribution in [-0.2, 0) is 12.1 Å². The van der Waals surface area contributed by atoms with E-state index < -0.39 is 5.60 Å². The first-order valence-corrected chi connectivity index (χ1v) is 5.44. The predicted molar refractivity (Wildman–Crippen MR) is 62.8 cm³/mol. The van der Waals surface area contributed by atoms with Crippen LogP contribution < -0.4 is 0 Å². The molecule has 0 saturated heterocycles. The quantitative estimate of drug-likeness (QED) is 0.828. The molecule has 1 aromatic heterocycles. The van der Waals surface area contributed by atoms with Gasteiger partial charge in [-0.2, -0.15) is 0 Å². The number of fused-ring (bicyclic) bond motifs is 1. The summed E-state index contributed by atoms with van der Waals surface area (Å²) in [4.78, 5) is 0. The Labute approximate surface area is 94.3 Å². The van der Waals surface area contributed by atoms with E-state index in [1.807, 2.05) is 17.7 Å². The molecule has 0 amide bonds. The summed E-state index contributed by atoms with van der Waals surface area (Å²) in [6.45, 7) is 6.26. The summed E-state index contributed by atoms with van der Waals surface area (Å²) in [5.74, 6) is -0.271. The first-order valence-electron chi connectivity index (χ1n) is 5.44. The standard InChI is InChI=1S/C13H16FNO/c1-4-15-8-11(13(2,3)16)10-7-9(14)5-6-12(10)15/h5-8,16H,4H2,1-3H3. The highest BCUT2D eigenvalue weighted by Crippen LogP contribution is 2.30. The largest absolute Gasteiger partial charge is 0.386 e. The van der Waals surface area contributed by atoms with Crippen molar-refractivity contribution < 1.29 is 9.50 Å². The lowest BCUT2D eigenvalue weighted by Gasteiger charge is -2.16. The molecule has 16 heavy (non-hydrogen) atoms. The Balaban J connectivity index is 2.79. The molecule has 0 radical (unpaired) electrons. The van der Waals surface area contributed by atoms with Gasteiger partial charge in [-0.25, -0.2) is 4.39 Å². The Morgan fingerprint density at radius 2 is 2.06 bits per heavy atom. The van der Waals surface area contributed by atoms with E-state index in [2.05, 4.69) is 0 Å². The second kappa shape index (κ2) is 3.59. The van der Waals surface area contributed by atoms with Gasteiger partial charge in [0, 0.05) is 29.2 Å². The summed E-state index contributed by atoms with van der Waals surface area (Å²) < 4.78 is 15.2. The van der Waals surface area contributed by atoms with Gasteiger partial charge >= 0.3 is 0 Å². The minimum absolute atomic E-state index is 0.271. The van der Waals surface area contributed by atoms with Crippen LogP contribution in [0.4, 0.5) is 4.39 Å². The maximum Gasteiger partial charge on any atom is 0.123 e. The molecule has 0 atom stereocenters. The fraction of sp³-hybridized carbons (Fsp3) is 0.385. The van der Waals surface area contributed by atoms with Crippen molar-refractivity contribution in [3.63, 3.8) is 0 Å². The van der Waals surface area contributed by atoms with Gasteiger partial charge in [-0.05, 0) is 39.0 Å². The molecule has 0 aliphatic heterocycles. The Kier molecular flexibility index (Phi) is 2.50. The molecule has 0 fully saturated rings. The number of aliphatic hydroxyl groups is 1.